The van der Waals surface area contributed by atoms with Gasteiger partial charge in [-0.2, -0.15) is 4.58 Å². The van der Waals surface area contributed by atoms with E-state index in [1.54, 1.807) is 0 Å². The average molecular weight is 252 g/mol. The number of hydrogen-bond donors (Lipinski definition) is 0. The quantitative estimate of drug-likeness (QED) is 0.685. The summed E-state index contributed by atoms with van der Waals surface area (Å²) in [5, 5.41) is 2.73. The highest BCUT2D eigenvalue weighted by Crippen LogP contribution is 2.43. The third-order valence-corrected chi connectivity index (χ3v) is 4.60. The van der Waals surface area contributed by atoms with Gasteiger partial charge in [0, 0.05) is 18.9 Å². The van der Waals surface area contributed by atoms with Crippen molar-refractivity contribution >= 4 is 22.2 Å². The monoisotopic (exact) mass is 252 g/mol. The molecule has 1 heterocycles. The van der Waals surface area contributed by atoms with Crippen molar-refractivity contribution in [3.8, 4) is 0 Å². The molecule has 1 aliphatic heterocycles. The van der Waals surface area contributed by atoms with Crippen LogP contribution in [0.5, 0.6) is 0 Å². The van der Waals surface area contributed by atoms with Gasteiger partial charge in [-0.3, -0.25) is 0 Å². The second-order valence-electron chi connectivity index (χ2n) is 6.04. The van der Waals surface area contributed by atoms with Crippen LogP contribution < -0.4 is 0 Å². The Hall–Kier alpha value is -1.63. The van der Waals surface area contributed by atoms with Crippen LogP contribution in [0.1, 0.15) is 39.7 Å². The molecule has 19 heavy (non-hydrogen) atoms. The Balaban J connectivity index is 2.39. The minimum absolute atomic E-state index is 0.147. The molecule has 0 saturated heterocycles. The molecule has 0 saturated carbocycles. The van der Waals surface area contributed by atoms with E-state index in [0.717, 1.165) is 6.54 Å². The Labute approximate surface area is 115 Å². The van der Waals surface area contributed by atoms with Crippen molar-refractivity contribution in [3.63, 3.8) is 0 Å². The molecule has 1 heteroatoms. The third kappa shape index (κ3) is 1.64. The summed E-state index contributed by atoms with van der Waals surface area (Å²) in [5.74, 6) is 0. The maximum Gasteiger partial charge on any atom is 0.217 e. The summed E-state index contributed by atoms with van der Waals surface area (Å²) in [6.07, 6.45) is 1.18. The molecular weight excluding hydrogens is 230 g/mol. The number of fused-ring (bicyclic) bond motifs is 3. The highest BCUT2D eigenvalue weighted by atomic mass is 15.1. The van der Waals surface area contributed by atoms with Crippen LogP contribution in [-0.2, 0) is 5.41 Å². The molecule has 2 aromatic carbocycles. The number of nitrogens with zero attached hydrogens (tertiary/aromatic N) is 1. The molecular formula is C18H22N+. The van der Waals surface area contributed by atoms with E-state index in [1.807, 2.05) is 0 Å². The van der Waals surface area contributed by atoms with Crippen LogP contribution >= 0.6 is 0 Å². The fraction of sp³-hybridized carbons (Fsp3) is 0.389. The van der Waals surface area contributed by atoms with E-state index >= 15 is 0 Å². The van der Waals surface area contributed by atoms with Crippen LogP contribution in [0.3, 0.4) is 0 Å². The second-order valence-corrected chi connectivity index (χ2v) is 6.04. The summed E-state index contributed by atoms with van der Waals surface area (Å²) in [6, 6.07) is 13.3. The van der Waals surface area contributed by atoms with Crippen molar-refractivity contribution in [2.24, 2.45) is 0 Å². The summed E-state index contributed by atoms with van der Waals surface area (Å²) in [6.45, 7) is 10.3. The van der Waals surface area contributed by atoms with E-state index < -0.39 is 0 Å². The van der Waals surface area contributed by atoms with Crippen molar-refractivity contribution in [2.45, 2.75) is 39.5 Å². The predicted octanol–water partition coefficient (Wildman–Crippen LogP) is 4.65. The lowest BCUT2D eigenvalue weighted by Gasteiger charge is -2.15. The summed E-state index contributed by atoms with van der Waals surface area (Å²) < 4.78 is 2.53. The van der Waals surface area contributed by atoms with E-state index in [0.29, 0.717) is 0 Å². The van der Waals surface area contributed by atoms with Crippen LogP contribution in [0.2, 0.25) is 0 Å². The Morgan fingerprint density at radius 3 is 2.53 bits per heavy atom. The van der Waals surface area contributed by atoms with Crippen molar-refractivity contribution in [1.29, 1.82) is 0 Å². The molecule has 0 aliphatic carbocycles. The van der Waals surface area contributed by atoms with Gasteiger partial charge in [-0.25, -0.2) is 0 Å². The molecule has 0 amide bonds. The molecule has 0 atom stereocenters. The molecule has 0 spiro atoms. The standard InChI is InChI=1S/C18H22N/c1-5-12-19-13(2)18(3,4)16-11-10-14-8-6-7-9-15(14)17(16)19/h6-11H,5,12H2,1-4H3/q+1. The van der Waals surface area contributed by atoms with E-state index in [1.165, 1.54) is 34.2 Å². The first kappa shape index (κ1) is 12.4. The van der Waals surface area contributed by atoms with Crippen LogP contribution in [-0.4, -0.2) is 16.8 Å². The van der Waals surface area contributed by atoms with Gasteiger partial charge in [-0.05, 0) is 25.3 Å². The van der Waals surface area contributed by atoms with Crippen molar-refractivity contribution in [2.75, 3.05) is 6.54 Å². The van der Waals surface area contributed by atoms with E-state index in [9.17, 15) is 0 Å². The molecule has 0 fully saturated rings. The second kappa shape index (κ2) is 4.19. The summed E-state index contributed by atoms with van der Waals surface area (Å²) in [4.78, 5) is 0. The highest BCUT2D eigenvalue weighted by molar-refractivity contribution is 6.01. The van der Waals surface area contributed by atoms with Crippen molar-refractivity contribution in [3.05, 3.63) is 42.0 Å². The Kier molecular flexibility index (Phi) is 2.74. The largest absolute Gasteiger partial charge is 0.217 e. The maximum atomic E-state index is 2.53. The van der Waals surface area contributed by atoms with Gasteiger partial charge in [-0.1, -0.05) is 37.3 Å². The van der Waals surface area contributed by atoms with E-state index in [4.69, 9.17) is 0 Å². The van der Waals surface area contributed by atoms with Crippen LogP contribution in [0.4, 0.5) is 5.69 Å². The SMILES string of the molecule is CCC[N+]1=C(C)C(C)(C)c2ccc3ccccc3c21. The van der Waals surface area contributed by atoms with Crippen molar-refractivity contribution < 1.29 is 4.58 Å². The Morgan fingerprint density at radius 2 is 1.79 bits per heavy atom. The first-order valence-corrected chi connectivity index (χ1v) is 7.21. The summed E-state index contributed by atoms with van der Waals surface area (Å²) >= 11 is 0. The van der Waals surface area contributed by atoms with E-state index in [-0.39, 0.29) is 5.41 Å². The van der Waals surface area contributed by atoms with Crippen LogP contribution in [0, 0.1) is 0 Å². The van der Waals surface area contributed by atoms with Gasteiger partial charge in [-0.15, -0.1) is 0 Å². The fourth-order valence-corrected chi connectivity index (χ4v) is 3.25. The number of benzene rings is 2. The van der Waals surface area contributed by atoms with Gasteiger partial charge in [0.25, 0.3) is 0 Å². The number of rotatable bonds is 2. The topological polar surface area (TPSA) is 3.01 Å². The van der Waals surface area contributed by atoms with Gasteiger partial charge < -0.3 is 0 Å². The molecule has 1 nitrogen and oxygen atoms in total. The minimum Gasteiger partial charge on any atom is -0.199 e. The molecule has 0 unspecified atom stereocenters. The van der Waals surface area contributed by atoms with Gasteiger partial charge in [0.05, 0.1) is 10.8 Å². The minimum atomic E-state index is 0.147. The predicted molar refractivity (Wildman–Crippen MR) is 82.7 cm³/mol. The Bertz CT molecular complexity index is 677. The maximum absolute atomic E-state index is 2.53. The van der Waals surface area contributed by atoms with E-state index in [2.05, 4.69) is 68.7 Å². The third-order valence-electron chi connectivity index (χ3n) is 4.60. The zero-order valence-corrected chi connectivity index (χ0v) is 12.3. The molecule has 98 valence electrons. The van der Waals surface area contributed by atoms with Gasteiger partial charge in [0.15, 0.2) is 5.71 Å². The zero-order valence-electron chi connectivity index (χ0n) is 12.3. The van der Waals surface area contributed by atoms with Gasteiger partial charge in [0.1, 0.15) is 6.54 Å². The molecule has 0 bridgehead atoms. The number of hydrogen-bond acceptors (Lipinski definition) is 0. The summed E-state index contributed by atoms with van der Waals surface area (Å²) in [7, 11) is 0. The molecule has 0 radical (unpaired) electrons. The first-order chi connectivity index (χ1) is 9.07. The normalized spacial score (nSPS) is 17.1. The molecule has 3 rings (SSSR count). The van der Waals surface area contributed by atoms with Crippen molar-refractivity contribution in [1.82, 2.24) is 0 Å². The molecule has 0 N–H and O–H groups in total. The molecule has 0 aromatic heterocycles. The highest BCUT2D eigenvalue weighted by Gasteiger charge is 2.43. The molecule has 1 aliphatic rings. The lowest BCUT2D eigenvalue weighted by Crippen LogP contribution is -2.26. The van der Waals surface area contributed by atoms with Crippen LogP contribution in [0.25, 0.3) is 10.8 Å². The smallest absolute Gasteiger partial charge is 0.199 e. The lowest BCUT2D eigenvalue weighted by atomic mass is 9.81. The molecule has 2 aromatic rings. The van der Waals surface area contributed by atoms with Gasteiger partial charge >= 0.3 is 0 Å². The first-order valence-electron chi connectivity index (χ1n) is 7.21. The fourth-order valence-electron chi connectivity index (χ4n) is 3.25. The summed E-state index contributed by atoms with van der Waals surface area (Å²) in [5.41, 5.74) is 4.52. The zero-order chi connectivity index (χ0) is 13.6. The van der Waals surface area contributed by atoms with Crippen LogP contribution in [0.15, 0.2) is 36.4 Å². The average Bonchev–Trinajstić information content (AvgIpc) is 2.61. The Morgan fingerprint density at radius 1 is 1.05 bits per heavy atom. The lowest BCUT2D eigenvalue weighted by molar-refractivity contribution is -0.437. The van der Waals surface area contributed by atoms with Gasteiger partial charge in [0.2, 0.25) is 5.69 Å².